The maximum atomic E-state index is 6.23. The van der Waals surface area contributed by atoms with Crippen molar-refractivity contribution < 1.29 is 0 Å². The number of benzene rings is 1. The number of hydrogen-bond donors (Lipinski definition) is 1. The predicted octanol–water partition coefficient (Wildman–Crippen LogP) is 4.64. The van der Waals surface area contributed by atoms with Crippen LogP contribution in [0.4, 0.5) is 0 Å². The summed E-state index contributed by atoms with van der Waals surface area (Å²) < 4.78 is 0. The summed E-state index contributed by atoms with van der Waals surface area (Å²) in [7, 11) is 0. The molecule has 0 radical (unpaired) electrons. The van der Waals surface area contributed by atoms with Crippen LogP contribution < -0.4 is 5.73 Å². The first-order chi connectivity index (χ1) is 9.74. The summed E-state index contributed by atoms with van der Waals surface area (Å²) in [4.78, 5) is 1.51. The number of fused-ring (bicyclic) bond motifs is 1. The van der Waals surface area contributed by atoms with E-state index in [2.05, 4.69) is 43.0 Å². The molecule has 110 valence electrons. The van der Waals surface area contributed by atoms with Gasteiger partial charge in [-0.15, -0.1) is 11.8 Å². The lowest BCUT2D eigenvalue weighted by Crippen LogP contribution is -2.38. The second-order valence-corrected chi connectivity index (χ2v) is 8.17. The summed E-state index contributed by atoms with van der Waals surface area (Å²) in [6.45, 7) is 3.23. The summed E-state index contributed by atoms with van der Waals surface area (Å²) >= 11 is 2.10. The Morgan fingerprint density at radius 3 is 2.95 bits per heavy atom. The third-order valence-electron chi connectivity index (χ3n) is 5.43. The fourth-order valence-electron chi connectivity index (χ4n) is 4.24. The molecular formula is C18H27NS. The summed E-state index contributed by atoms with van der Waals surface area (Å²) in [6.07, 6.45) is 9.44. The third kappa shape index (κ3) is 2.92. The molecule has 1 nitrogen and oxygen atoms in total. The minimum absolute atomic E-state index is 0.429. The molecule has 2 heteroatoms. The average Bonchev–Trinajstić information content (AvgIpc) is 2.89. The molecule has 0 aromatic heterocycles. The zero-order chi connectivity index (χ0) is 14.0. The van der Waals surface area contributed by atoms with Crippen molar-refractivity contribution in [3.8, 4) is 0 Å². The highest BCUT2D eigenvalue weighted by Crippen LogP contribution is 2.48. The van der Waals surface area contributed by atoms with Crippen LogP contribution in [0.5, 0.6) is 0 Å². The van der Waals surface area contributed by atoms with Crippen LogP contribution in [0.25, 0.3) is 0 Å². The molecule has 2 N–H and O–H groups in total. The second-order valence-electron chi connectivity index (χ2n) is 6.83. The van der Waals surface area contributed by atoms with Crippen molar-refractivity contribution in [3.05, 3.63) is 29.8 Å². The van der Waals surface area contributed by atoms with E-state index in [4.69, 9.17) is 5.73 Å². The van der Waals surface area contributed by atoms with E-state index in [0.29, 0.717) is 5.41 Å². The van der Waals surface area contributed by atoms with E-state index in [1.807, 2.05) is 0 Å². The first-order valence-corrected chi connectivity index (χ1v) is 9.07. The van der Waals surface area contributed by atoms with E-state index < -0.39 is 0 Å². The molecule has 1 heterocycles. The molecule has 1 saturated carbocycles. The second kappa shape index (κ2) is 6.11. The van der Waals surface area contributed by atoms with Crippen molar-refractivity contribution in [1.82, 2.24) is 0 Å². The zero-order valence-corrected chi connectivity index (χ0v) is 13.4. The standard InChI is InChI=1S/C18H27NS/c1-2-14-6-5-9-18(11-14,13-19)12-16-10-15-7-3-4-8-17(15)20-16/h3-4,7-8,14,16H,2,5-6,9-13,19H2,1H3. The predicted molar refractivity (Wildman–Crippen MR) is 88.1 cm³/mol. The van der Waals surface area contributed by atoms with Crippen molar-refractivity contribution in [3.63, 3.8) is 0 Å². The topological polar surface area (TPSA) is 26.0 Å². The van der Waals surface area contributed by atoms with Crippen LogP contribution in [0.1, 0.15) is 51.0 Å². The van der Waals surface area contributed by atoms with Crippen molar-refractivity contribution >= 4 is 11.8 Å². The van der Waals surface area contributed by atoms with Gasteiger partial charge >= 0.3 is 0 Å². The minimum Gasteiger partial charge on any atom is -0.330 e. The molecule has 0 bridgehead atoms. The summed E-state index contributed by atoms with van der Waals surface area (Å²) in [5, 5.41) is 0.756. The van der Waals surface area contributed by atoms with Gasteiger partial charge in [-0.05, 0) is 55.2 Å². The van der Waals surface area contributed by atoms with Gasteiger partial charge in [0.05, 0.1) is 0 Å². The van der Waals surface area contributed by atoms with Crippen LogP contribution in [0, 0.1) is 11.3 Å². The van der Waals surface area contributed by atoms with Gasteiger partial charge < -0.3 is 5.73 Å². The Morgan fingerprint density at radius 2 is 2.20 bits per heavy atom. The van der Waals surface area contributed by atoms with E-state index in [9.17, 15) is 0 Å². The Balaban J connectivity index is 1.67. The lowest BCUT2D eigenvalue weighted by molar-refractivity contribution is 0.131. The molecule has 0 spiro atoms. The highest BCUT2D eigenvalue weighted by Gasteiger charge is 2.38. The number of rotatable bonds is 4. The molecule has 2 aliphatic rings. The third-order valence-corrected chi connectivity index (χ3v) is 6.74. The van der Waals surface area contributed by atoms with Gasteiger partial charge in [-0.1, -0.05) is 44.4 Å². The van der Waals surface area contributed by atoms with Crippen LogP contribution in [-0.2, 0) is 6.42 Å². The molecule has 1 fully saturated rings. The van der Waals surface area contributed by atoms with E-state index in [-0.39, 0.29) is 0 Å². The van der Waals surface area contributed by atoms with Gasteiger partial charge in [0.25, 0.3) is 0 Å². The lowest BCUT2D eigenvalue weighted by atomic mass is 9.66. The van der Waals surface area contributed by atoms with Gasteiger partial charge in [0.1, 0.15) is 0 Å². The Kier molecular flexibility index (Phi) is 4.42. The first kappa shape index (κ1) is 14.5. The highest BCUT2D eigenvalue weighted by atomic mass is 32.2. The number of hydrogen-bond acceptors (Lipinski definition) is 2. The number of thioether (sulfide) groups is 1. The van der Waals surface area contributed by atoms with Crippen molar-refractivity contribution in [2.24, 2.45) is 17.1 Å². The molecular weight excluding hydrogens is 262 g/mol. The molecule has 1 aliphatic carbocycles. The zero-order valence-electron chi connectivity index (χ0n) is 12.6. The molecule has 20 heavy (non-hydrogen) atoms. The summed E-state index contributed by atoms with van der Waals surface area (Å²) in [5.74, 6) is 0.918. The van der Waals surface area contributed by atoms with E-state index in [0.717, 1.165) is 17.7 Å². The van der Waals surface area contributed by atoms with Crippen LogP contribution in [0.2, 0.25) is 0 Å². The largest absolute Gasteiger partial charge is 0.330 e. The van der Waals surface area contributed by atoms with Gasteiger partial charge in [0, 0.05) is 10.1 Å². The van der Waals surface area contributed by atoms with Gasteiger partial charge in [0.15, 0.2) is 0 Å². The van der Waals surface area contributed by atoms with Gasteiger partial charge in [0.2, 0.25) is 0 Å². The highest BCUT2D eigenvalue weighted by molar-refractivity contribution is 8.00. The fourth-order valence-corrected chi connectivity index (χ4v) is 5.75. The lowest BCUT2D eigenvalue weighted by Gasteiger charge is -2.41. The monoisotopic (exact) mass is 289 g/mol. The Morgan fingerprint density at radius 1 is 1.35 bits per heavy atom. The molecule has 1 aromatic rings. The molecule has 3 rings (SSSR count). The first-order valence-electron chi connectivity index (χ1n) is 8.19. The van der Waals surface area contributed by atoms with Crippen molar-refractivity contribution in [2.75, 3.05) is 6.54 Å². The SMILES string of the molecule is CCC1CCCC(CN)(CC2Cc3ccccc3S2)C1. The Hall–Kier alpha value is -0.470. The normalized spacial score (nSPS) is 33.1. The van der Waals surface area contributed by atoms with Crippen molar-refractivity contribution in [1.29, 1.82) is 0 Å². The maximum Gasteiger partial charge on any atom is 0.0141 e. The quantitative estimate of drug-likeness (QED) is 0.874. The van der Waals surface area contributed by atoms with Gasteiger partial charge in [-0.2, -0.15) is 0 Å². The van der Waals surface area contributed by atoms with Crippen LogP contribution in [-0.4, -0.2) is 11.8 Å². The Labute approximate surface area is 127 Å². The molecule has 3 atom stereocenters. The minimum atomic E-state index is 0.429. The molecule has 1 aliphatic heterocycles. The molecule has 0 amide bonds. The van der Waals surface area contributed by atoms with E-state index in [1.54, 1.807) is 5.56 Å². The average molecular weight is 289 g/mol. The molecule has 1 aromatic carbocycles. The Bertz CT molecular complexity index is 433. The molecule has 3 unspecified atom stereocenters. The number of nitrogens with two attached hydrogens (primary N) is 1. The summed E-state index contributed by atoms with van der Waals surface area (Å²) in [6, 6.07) is 8.92. The van der Waals surface area contributed by atoms with Crippen molar-refractivity contribution in [2.45, 2.75) is 62.0 Å². The maximum absolute atomic E-state index is 6.23. The smallest absolute Gasteiger partial charge is 0.0141 e. The fraction of sp³-hybridized carbons (Fsp3) is 0.667. The van der Waals surface area contributed by atoms with Crippen LogP contribution in [0.15, 0.2) is 29.2 Å². The molecule has 0 saturated heterocycles. The van der Waals surface area contributed by atoms with E-state index >= 15 is 0 Å². The van der Waals surface area contributed by atoms with E-state index in [1.165, 1.54) is 49.8 Å². The van der Waals surface area contributed by atoms with Crippen LogP contribution >= 0.6 is 11.8 Å². The van der Waals surface area contributed by atoms with Gasteiger partial charge in [-0.3, -0.25) is 0 Å². The van der Waals surface area contributed by atoms with Crippen LogP contribution in [0.3, 0.4) is 0 Å². The summed E-state index contributed by atoms with van der Waals surface area (Å²) in [5.41, 5.74) is 8.21. The van der Waals surface area contributed by atoms with Gasteiger partial charge in [-0.25, -0.2) is 0 Å².